The molecule has 1 fully saturated rings. The van der Waals surface area contributed by atoms with E-state index in [4.69, 9.17) is 11.6 Å². The first-order chi connectivity index (χ1) is 13.5. The van der Waals surface area contributed by atoms with Crippen molar-refractivity contribution in [2.45, 2.75) is 12.5 Å². The van der Waals surface area contributed by atoms with Gasteiger partial charge in [-0.15, -0.1) is 24.0 Å². The summed E-state index contributed by atoms with van der Waals surface area (Å²) < 4.78 is 12.9. The van der Waals surface area contributed by atoms with Crippen molar-refractivity contribution in [3.8, 4) is 0 Å². The van der Waals surface area contributed by atoms with Crippen LogP contribution in [0.15, 0.2) is 53.5 Å². The molecule has 3 rings (SSSR count). The Morgan fingerprint density at radius 3 is 2.72 bits per heavy atom. The van der Waals surface area contributed by atoms with E-state index in [1.165, 1.54) is 24.3 Å². The van der Waals surface area contributed by atoms with Gasteiger partial charge >= 0.3 is 0 Å². The summed E-state index contributed by atoms with van der Waals surface area (Å²) in [5.74, 6) is -0.0159. The number of carbonyl (C=O) groups is 1. The van der Waals surface area contributed by atoms with Crippen molar-refractivity contribution in [3.63, 3.8) is 0 Å². The van der Waals surface area contributed by atoms with Gasteiger partial charge in [-0.2, -0.15) is 0 Å². The van der Waals surface area contributed by atoms with Crippen LogP contribution in [-0.4, -0.2) is 44.6 Å². The Balaban J connectivity index is 0.00000300. The number of guanidine groups is 1. The van der Waals surface area contributed by atoms with Crippen LogP contribution in [0.2, 0.25) is 5.02 Å². The van der Waals surface area contributed by atoms with Gasteiger partial charge in [0.05, 0.1) is 6.54 Å². The minimum absolute atomic E-state index is 0. The summed E-state index contributed by atoms with van der Waals surface area (Å²) in [4.78, 5) is 18.5. The molecule has 1 heterocycles. The maximum Gasteiger partial charge on any atom is 0.243 e. The molecule has 156 valence electrons. The molecule has 3 N–H and O–H groups in total. The molecule has 0 spiro atoms. The molecule has 1 saturated heterocycles. The van der Waals surface area contributed by atoms with Crippen LogP contribution in [0.3, 0.4) is 0 Å². The molecule has 1 amide bonds. The summed E-state index contributed by atoms with van der Waals surface area (Å²) in [5.41, 5.74) is 1.64. The second-order valence-electron chi connectivity index (χ2n) is 6.54. The molecule has 0 bridgehead atoms. The smallest absolute Gasteiger partial charge is 0.243 e. The van der Waals surface area contributed by atoms with E-state index < -0.39 is 0 Å². The number of hydrogen-bond acceptors (Lipinski definition) is 3. The summed E-state index contributed by atoms with van der Waals surface area (Å²) >= 11 is 6.08. The van der Waals surface area contributed by atoms with Crippen LogP contribution in [0, 0.1) is 5.82 Å². The molecule has 0 radical (unpaired) electrons. The Kier molecular flexibility index (Phi) is 8.97. The Morgan fingerprint density at radius 1 is 1.28 bits per heavy atom. The lowest BCUT2D eigenvalue weighted by Gasteiger charge is -2.20. The molecule has 2 aromatic rings. The van der Waals surface area contributed by atoms with Crippen LogP contribution in [0.25, 0.3) is 0 Å². The lowest BCUT2D eigenvalue weighted by Crippen LogP contribution is -2.46. The summed E-state index contributed by atoms with van der Waals surface area (Å²) in [5, 5.41) is 9.77. The number of carbonyl (C=O) groups excluding carboxylic acids is 1. The molecule has 1 aliphatic rings. The second kappa shape index (κ2) is 11.2. The monoisotopic (exact) mass is 531 g/mol. The molecule has 6 nitrogen and oxygen atoms in total. The number of halogens is 3. The number of nitrogens with zero attached hydrogens (tertiary/aromatic N) is 2. The zero-order valence-corrected chi connectivity index (χ0v) is 19.1. The highest BCUT2D eigenvalue weighted by Gasteiger charge is 2.23. The molecular formula is C20H24ClFIN5O. The van der Waals surface area contributed by atoms with Crippen molar-refractivity contribution >= 4 is 58.8 Å². The van der Waals surface area contributed by atoms with Gasteiger partial charge < -0.3 is 20.9 Å². The first kappa shape index (κ1) is 23.2. The van der Waals surface area contributed by atoms with E-state index in [-0.39, 0.29) is 48.3 Å². The van der Waals surface area contributed by atoms with Gasteiger partial charge in [0.25, 0.3) is 0 Å². The first-order valence-electron chi connectivity index (χ1n) is 9.06. The van der Waals surface area contributed by atoms with E-state index in [2.05, 4.69) is 25.8 Å². The Labute approximate surface area is 191 Å². The summed E-state index contributed by atoms with van der Waals surface area (Å²) in [7, 11) is 1.66. The number of anilines is 2. The number of aliphatic imine (C=N–C) groups is 1. The third-order valence-electron chi connectivity index (χ3n) is 4.47. The number of amides is 1. The SMILES string of the molecule is CN=C(NCC(=O)Nc1ccc(F)cc1)NC1CCN(c2cccc(Cl)c2)C1.I. The van der Waals surface area contributed by atoms with Gasteiger partial charge in [0, 0.05) is 42.6 Å². The summed E-state index contributed by atoms with van der Waals surface area (Å²) in [6.07, 6.45) is 0.953. The van der Waals surface area contributed by atoms with Gasteiger partial charge in [0.2, 0.25) is 5.91 Å². The third kappa shape index (κ3) is 7.04. The molecule has 0 saturated carbocycles. The van der Waals surface area contributed by atoms with Crippen LogP contribution in [0.1, 0.15) is 6.42 Å². The lowest BCUT2D eigenvalue weighted by molar-refractivity contribution is -0.115. The van der Waals surface area contributed by atoms with Crippen LogP contribution in [-0.2, 0) is 4.79 Å². The molecule has 1 unspecified atom stereocenters. The van der Waals surface area contributed by atoms with Crippen molar-refractivity contribution in [1.29, 1.82) is 0 Å². The van der Waals surface area contributed by atoms with Gasteiger partial charge in [-0.05, 0) is 48.9 Å². The van der Waals surface area contributed by atoms with E-state index in [1.807, 2.05) is 24.3 Å². The van der Waals surface area contributed by atoms with E-state index in [1.54, 1.807) is 7.05 Å². The predicted octanol–water partition coefficient (Wildman–Crippen LogP) is 3.48. The first-order valence-corrected chi connectivity index (χ1v) is 9.44. The maximum absolute atomic E-state index is 12.9. The van der Waals surface area contributed by atoms with E-state index in [0.717, 1.165) is 30.2 Å². The fourth-order valence-corrected chi connectivity index (χ4v) is 3.26. The van der Waals surface area contributed by atoms with Crippen LogP contribution in [0.4, 0.5) is 15.8 Å². The quantitative estimate of drug-likeness (QED) is 0.314. The van der Waals surface area contributed by atoms with Crippen molar-refractivity contribution < 1.29 is 9.18 Å². The highest BCUT2D eigenvalue weighted by Crippen LogP contribution is 2.23. The van der Waals surface area contributed by atoms with E-state index in [0.29, 0.717) is 11.6 Å². The Bertz CT molecular complexity index is 849. The topological polar surface area (TPSA) is 68.8 Å². The largest absolute Gasteiger partial charge is 0.369 e. The third-order valence-corrected chi connectivity index (χ3v) is 4.71. The minimum Gasteiger partial charge on any atom is -0.369 e. The molecule has 2 aromatic carbocycles. The Hall–Kier alpha value is -2.07. The average molecular weight is 532 g/mol. The zero-order chi connectivity index (χ0) is 19.9. The Morgan fingerprint density at radius 2 is 2.03 bits per heavy atom. The standard InChI is InChI=1S/C20H23ClFN5O.HI/c1-23-20(24-12-19(28)25-16-7-5-15(22)6-8-16)26-17-9-10-27(13-17)18-4-2-3-14(21)11-18;/h2-8,11,17H,9-10,12-13H2,1H3,(H,25,28)(H2,23,24,26);1H. The van der Waals surface area contributed by atoms with Crippen LogP contribution < -0.4 is 20.9 Å². The lowest BCUT2D eigenvalue weighted by atomic mass is 10.2. The molecule has 1 atom stereocenters. The summed E-state index contributed by atoms with van der Waals surface area (Å²) in [6.45, 7) is 1.80. The second-order valence-corrected chi connectivity index (χ2v) is 6.97. The van der Waals surface area contributed by atoms with Crippen LogP contribution in [0.5, 0.6) is 0 Å². The molecule has 0 aromatic heterocycles. The van der Waals surface area contributed by atoms with E-state index in [9.17, 15) is 9.18 Å². The highest BCUT2D eigenvalue weighted by molar-refractivity contribution is 14.0. The van der Waals surface area contributed by atoms with Gasteiger partial charge in [-0.1, -0.05) is 17.7 Å². The number of benzene rings is 2. The summed E-state index contributed by atoms with van der Waals surface area (Å²) in [6, 6.07) is 13.7. The zero-order valence-electron chi connectivity index (χ0n) is 16.0. The molecule has 1 aliphatic heterocycles. The van der Waals surface area contributed by atoms with Gasteiger partial charge in [-0.25, -0.2) is 4.39 Å². The van der Waals surface area contributed by atoms with Crippen LogP contribution >= 0.6 is 35.6 Å². The van der Waals surface area contributed by atoms with Crippen molar-refractivity contribution in [1.82, 2.24) is 10.6 Å². The predicted molar refractivity (Wildman–Crippen MR) is 127 cm³/mol. The molecular weight excluding hydrogens is 508 g/mol. The maximum atomic E-state index is 12.9. The number of nitrogens with one attached hydrogen (secondary N) is 3. The molecule has 9 heteroatoms. The normalized spacial score (nSPS) is 16.2. The fraction of sp³-hybridized carbons (Fsp3) is 0.300. The van der Waals surface area contributed by atoms with Gasteiger partial charge in [-0.3, -0.25) is 9.79 Å². The van der Waals surface area contributed by atoms with E-state index >= 15 is 0 Å². The van der Waals surface area contributed by atoms with Crippen molar-refractivity contribution in [3.05, 3.63) is 59.4 Å². The van der Waals surface area contributed by atoms with Crippen molar-refractivity contribution in [2.24, 2.45) is 4.99 Å². The minimum atomic E-state index is -0.343. The molecule has 0 aliphatic carbocycles. The average Bonchev–Trinajstić information content (AvgIpc) is 3.15. The van der Waals surface area contributed by atoms with Gasteiger partial charge in [0.15, 0.2) is 5.96 Å². The van der Waals surface area contributed by atoms with Gasteiger partial charge in [0.1, 0.15) is 5.82 Å². The molecule has 29 heavy (non-hydrogen) atoms. The number of hydrogen-bond donors (Lipinski definition) is 3. The van der Waals surface area contributed by atoms with Crippen molar-refractivity contribution in [2.75, 3.05) is 36.9 Å². The highest BCUT2D eigenvalue weighted by atomic mass is 127. The fourth-order valence-electron chi connectivity index (χ4n) is 3.08. The number of rotatable bonds is 5.